The van der Waals surface area contributed by atoms with Gasteiger partial charge in [-0.1, -0.05) is 18.7 Å². The van der Waals surface area contributed by atoms with E-state index < -0.39 is 0 Å². The smallest absolute Gasteiger partial charge is 0.401 e. The van der Waals surface area contributed by atoms with E-state index in [0.717, 1.165) is 17.7 Å². The molecule has 2 nitrogen and oxygen atoms in total. The molecule has 0 aliphatic carbocycles. The maximum atomic E-state index is 11.4. The van der Waals surface area contributed by atoms with Gasteiger partial charge in [0.25, 0.3) is 0 Å². The number of allylic oxidation sites excluding steroid dienone is 1. The van der Waals surface area contributed by atoms with E-state index in [0.29, 0.717) is 0 Å². The largest absolute Gasteiger partial charge is 2.00 e. The van der Waals surface area contributed by atoms with Gasteiger partial charge in [0.2, 0.25) is 0 Å². The van der Waals surface area contributed by atoms with E-state index in [4.69, 9.17) is 0 Å². The molecule has 102 valence electrons. The first-order valence-electron chi connectivity index (χ1n) is 6.10. The summed E-state index contributed by atoms with van der Waals surface area (Å²) in [5, 5.41) is 2.80. The van der Waals surface area contributed by atoms with Crippen LogP contribution in [0.25, 0.3) is 0 Å². The summed E-state index contributed by atoms with van der Waals surface area (Å²) in [6.07, 6.45) is 2.80. The van der Waals surface area contributed by atoms with Gasteiger partial charge in [0, 0.05) is 0 Å². The van der Waals surface area contributed by atoms with Crippen molar-refractivity contribution < 1.29 is 21.9 Å². The summed E-state index contributed by atoms with van der Waals surface area (Å²) in [5.41, 5.74) is 1.62. The van der Waals surface area contributed by atoms with Crippen LogP contribution in [-0.4, -0.2) is 5.91 Å². The van der Waals surface area contributed by atoms with Crippen molar-refractivity contribution in [2.45, 2.75) is 20.3 Å². The zero-order valence-electron chi connectivity index (χ0n) is 11.2. The normalized spacial score (nSPS) is 9.89. The minimum absolute atomic E-state index is 0. The predicted molar refractivity (Wildman–Crippen MR) is 76.7 cm³/mol. The van der Waals surface area contributed by atoms with E-state index in [1.54, 1.807) is 0 Å². The van der Waals surface area contributed by atoms with E-state index in [1.807, 2.05) is 74.5 Å². The number of carbonyl (C=O) groups is 1. The van der Waals surface area contributed by atoms with Crippen molar-refractivity contribution in [1.29, 1.82) is 0 Å². The van der Waals surface area contributed by atoms with Crippen LogP contribution in [0.4, 0.5) is 5.69 Å². The molecule has 0 saturated carbocycles. The summed E-state index contributed by atoms with van der Waals surface area (Å²) in [6, 6.07) is 17.5. The molecule has 0 saturated heterocycles. The van der Waals surface area contributed by atoms with Gasteiger partial charge in [0.15, 0.2) is 5.91 Å². The van der Waals surface area contributed by atoms with E-state index in [-0.39, 0.29) is 23.0 Å². The molecule has 19 heavy (non-hydrogen) atoms. The average Bonchev–Trinajstić information content (AvgIpc) is 3.05. The zero-order valence-corrected chi connectivity index (χ0v) is 12.3. The maximum absolute atomic E-state index is 11.4. The van der Waals surface area contributed by atoms with Crippen molar-refractivity contribution in [3.8, 4) is 0 Å². The van der Waals surface area contributed by atoms with Crippen LogP contribution in [0.1, 0.15) is 20.3 Å². The first kappa shape index (κ1) is 17.4. The molecule has 0 heterocycles. The molecule has 0 aromatic heterocycles. The van der Waals surface area contributed by atoms with Crippen molar-refractivity contribution in [3.63, 3.8) is 0 Å². The number of amides is 1. The second-order valence-electron chi connectivity index (χ2n) is 3.89. The van der Waals surface area contributed by atoms with Crippen molar-refractivity contribution >= 4 is 11.6 Å². The van der Waals surface area contributed by atoms with E-state index in [9.17, 15) is 4.79 Å². The SMILES string of the molecule is CCC=C(C)C(=O)N[c-]1cccc1.[Fe+2].c1cc[cH-]c1. The summed E-state index contributed by atoms with van der Waals surface area (Å²) in [5.74, 6) is -0.0203. The fourth-order valence-electron chi connectivity index (χ4n) is 1.41. The number of carbonyl (C=O) groups excluding carboxylic acids is 1. The fraction of sp³-hybridized carbons (Fsp3) is 0.188. The molecule has 1 amide bonds. The third-order valence-corrected chi connectivity index (χ3v) is 2.34. The van der Waals surface area contributed by atoms with Gasteiger partial charge in [-0.2, -0.15) is 30.3 Å². The molecule has 1 N–H and O–H groups in total. The van der Waals surface area contributed by atoms with Gasteiger partial charge < -0.3 is 10.1 Å². The monoisotopic (exact) mass is 297 g/mol. The van der Waals surface area contributed by atoms with Gasteiger partial charge in [0.1, 0.15) is 0 Å². The first-order chi connectivity index (χ1) is 8.74. The van der Waals surface area contributed by atoms with Gasteiger partial charge in [-0.25, -0.2) is 12.1 Å². The zero-order chi connectivity index (χ0) is 13.2. The van der Waals surface area contributed by atoms with Crippen LogP contribution in [0.5, 0.6) is 0 Å². The molecule has 0 spiro atoms. The molecule has 2 rings (SSSR count). The summed E-state index contributed by atoms with van der Waals surface area (Å²) >= 11 is 0. The standard InChI is InChI=1S/C11H14NO.C5H5.Fe/c1-3-6-9(2)11(13)12-10-7-4-5-8-10;1-2-4-5-3-1;/h4-8H,3H2,1-2H3,(H,12,13);1-5H;/q2*-1;+2. The molecule has 0 unspecified atom stereocenters. The quantitative estimate of drug-likeness (QED) is 0.516. The van der Waals surface area contributed by atoms with E-state index in [1.165, 1.54) is 0 Å². The Kier molecular flexibility index (Phi) is 9.50. The van der Waals surface area contributed by atoms with Crippen LogP contribution < -0.4 is 5.32 Å². The Bertz CT molecular complexity index is 438. The number of rotatable bonds is 3. The molecule has 2 aromatic rings. The van der Waals surface area contributed by atoms with Crippen LogP contribution >= 0.6 is 0 Å². The van der Waals surface area contributed by atoms with Gasteiger partial charge in [-0.15, -0.1) is 12.1 Å². The maximum Gasteiger partial charge on any atom is 2.00 e. The number of hydrogen-bond donors (Lipinski definition) is 1. The van der Waals surface area contributed by atoms with Crippen molar-refractivity contribution in [2.75, 3.05) is 5.32 Å². The van der Waals surface area contributed by atoms with Gasteiger partial charge in [0.05, 0.1) is 0 Å². The number of nitrogens with one attached hydrogen (secondary N) is 1. The Morgan fingerprint density at radius 2 is 1.79 bits per heavy atom. The molecule has 0 aliphatic rings. The summed E-state index contributed by atoms with van der Waals surface area (Å²) in [6.45, 7) is 3.83. The topological polar surface area (TPSA) is 29.1 Å². The van der Waals surface area contributed by atoms with E-state index >= 15 is 0 Å². The average molecular weight is 297 g/mol. The molecule has 0 fully saturated rings. The Labute approximate surface area is 125 Å². The molecular formula is C16H19FeNO. The van der Waals surface area contributed by atoms with Crippen LogP contribution in [0.2, 0.25) is 0 Å². The molecule has 2 aromatic carbocycles. The van der Waals surface area contributed by atoms with Crippen molar-refractivity contribution in [1.82, 2.24) is 0 Å². The summed E-state index contributed by atoms with van der Waals surface area (Å²) in [4.78, 5) is 11.4. The van der Waals surface area contributed by atoms with E-state index in [2.05, 4.69) is 5.32 Å². The van der Waals surface area contributed by atoms with Crippen molar-refractivity contribution in [3.05, 3.63) is 66.2 Å². The van der Waals surface area contributed by atoms with Crippen LogP contribution in [0, 0.1) is 0 Å². The molecule has 0 atom stereocenters. The van der Waals surface area contributed by atoms with Gasteiger partial charge in [-0.3, -0.25) is 0 Å². The minimum Gasteiger partial charge on any atom is -0.401 e. The Morgan fingerprint density at radius 1 is 1.21 bits per heavy atom. The molecule has 0 aliphatic heterocycles. The number of hydrogen-bond acceptors (Lipinski definition) is 1. The molecule has 0 radical (unpaired) electrons. The van der Waals surface area contributed by atoms with Crippen molar-refractivity contribution in [2.24, 2.45) is 0 Å². The van der Waals surface area contributed by atoms with Crippen LogP contribution in [0.3, 0.4) is 0 Å². The first-order valence-corrected chi connectivity index (χ1v) is 6.10. The number of anilines is 1. The van der Waals surface area contributed by atoms with Crippen LogP contribution in [0.15, 0.2) is 66.2 Å². The predicted octanol–water partition coefficient (Wildman–Crippen LogP) is 4.10. The Hall–Kier alpha value is -1.57. The molecule has 3 heteroatoms. The second kappa shape index (κ2) is 10.4. The minimum atomic E-state index is -0.0203. The van der Waals surface area contributed by atoms with Gasteiger partial charge in [-0.05, 0) is 18.9 Å². The Morgan fingerprint density at radius 3 is 2.21 bits per heavy atom. The summed E-state index contributed by atoms with van der Waals surface area (Å²) in [7, 11) is 0. The third kappa shape index (κ3) is 7.45. The molecular weight excluding hydrogens is 278 g/mol. The summed E-state index contributed by atoms with van der Waals surface area (Å²) < 4.78 is 0. The fourth-order valence-corrected chi connectivity index (χ4v) is 1.41. The van der Waals surface area contributed by atoms with Crippen LogP contribution in [-0.2, 0) is 21.9 Å². The molecule has 0 bridgehead atoms. The van der Waals surface area contributed by atoms with Gasteiger partial charge >= 0.3 is 17.1 Å². The Balaban J connectivity index is 0.000000454. The third-order valence-electron chi connectivity index (χ3n) is 2.34. The second-order valence-corrected chi connectivity index (χ2v) is 3.89.